The van der Waals surface area contributed by atoms with Gasteiger partial charge in [-0.05, 0) is 0 Å². The summed E-state index contributed by atoms with van der Waals surface area (Å²) in [5.74, 6) is 1.16. The van der Waals surface area contributed by atoms with Gasteiger partial charge in [-0.1, -0.05) is 0 Å². The van der Waals surface area contributed by atoms with Crippen molar-refractivity contribution in [3.05, 3.63) is 157 Å². The van der Waals surface area contributed by atoms with Crippen molar-refractivity contribution in [2.24, 2.45) is 0 Å². The second kappa shape index (κ2) is 40.3. The molecule has 7 aromatic carbocycles. The second-order valence-corrected chi connectivity index (χ2v) is 45.2. The molecule has 0 radical (unpaired) electrons. The van der Waals surface area contributed by atoms with Gasteiger partial charge in [0, 0.05) is 0 Å². The topological polar surface area (TPSA) is 305 Å². The van der Waals surface area contributed by atoms with Crippen LogP contribution in [0.2, 0.25) is 37.9 Å². The van der Waals surface area contributed by atoms with Crippen molar-refractivity contribution < 1.29 is 110 Å². The van der Waals surface area contributed by atoms with Gasteiger partial charge < -0.3 is 0 Å². The summed E-state index contributed by atoms with van der Waals surface area (Å²) in [6.45, 7) is 7.06. The van der Waals surface area contributed by atoms with Crippen LogP contribution in [0.1, 0.15) is 58.0 Å². The first-order valence-electron chi connectivity index (χ1n) is 33.1. The predicted molar refractivity (Wildman–Crippen MR) is 367 cm³/mol. The SMILES string of the molecule is COc1cc([Se](C)(=O)=O)ccc1C.[1H]C([2H])([2H])[Se](=C)(=O)c1ccc(OC)c(OC)c1.[1H][13C@@]([2H])(C)[Se](=O)(=O)c1ccccc1OC.[1H][13C@]([2H])(C)[Se](=O)(=O)c1ccccc1OC.[1H][13C]([1H])(C)[Se](=O)(=O)c1ccccc1OC.[1H][C@@]([2H])(C)[Se](=O)(=O)c1cccc(OC)c1OC.[2H][13C]([2H])(C)[Se](=O)(=O)c1ccccc1OC. The van der Waals surface area contributed by atoms with Gasteiger partial charge in [0.15, 0.2) is 0 Å². The molecular formula is C65H88O22Se7. The number of para-hydroxylation sites is 5. The van der Waals surface area contributed by atoms with E-state index in [1.165, 1.54) is 149 Å². The van der Waals surface area contributed by atoms with Crippen molar-refractivity contribution in [3.63, 3.8) is 0 Å². The molecule has 22 nitrogen and oxygen atoms in total. The van der Waals surface area contributed by atoms with E-state index in [0.29, 0.717) is 21.7 Å². The van der Waals surface area contributed by atoms with Crippen molar-refractivity contribution in [1.82, 2.24) is 0 Å². The summed E-state index contributed by atoms with van der Waals surface area (Å²) in [7, 11) is 12.6. The van der Waals surface area contributed by atoms with E-state index in [9.17, 15) is 49.9 Å². The van der Waals surface area contributed by atoms with Crippen LogP contribution in [0.15, 0.2) is 152 Å². The van der Waals surface area contributed by atoms with Gasteiger partial charge in [0.1, 0.15) is 0 Å². The molecule has 0 spiro atoms. The molecule has 7 rings (SSSR count). The molecule has 0 fully saturated rings. The van der Waals surface area contributed by atoms with E-state index in [0.717, 1.165) is 40.2 Å². The Morgan fingerprint density at radius 1 is 0.383 bits per heavy atom. The minimum absolute atomic E-state index is 0.0470. The maximum atomic E-state index is 12.2. The minimum atomic E-state index is -4.97. The van der Waals surface area contributed by atoms with Crippen molar-refractivity contribution >= 4 is 125 Å². The molecule has 0 saturated carbocycles. The summed E-state index contributed by atoms with van der Waals surface area (Å²) in [6, 6.07) is 37.9. The Kier molecular flexibility index (Phi) is 27.8. The van der Waals surface area contributed by atoms with Gasteiger partial charge in [0.05, 0.1) is 0 Å². The average molecular weight is 1790 g/mol. The third-order valence-electron chi connectivity index (χ3n) is 12.0. The molecule has 0 aromatic heterocycles. The van der Waals surface area contributed by atoms with Crippen LogP contribution in [0.3, 0.4) is 0 Å². The molecule has 0 aliphatic carbocycles. The Hall–Kier alpha value is -6.35. The first-order chi connectivity index (χ1) is 48.7. The van der Waals surface area contributed by atoms with Crippen LogP contribution in [0.4, 0.5) is 0 Å². The Morgan fingerprint density at radius 3 is 1.03 bits per heavy atom. The maximum absolute atomic E-state index is 12.2. The zero-order valence-corrected chi connectivity index (χ0v) is 66.5. The van der Waals surface area contributed by atoms with Gasteiger partial charge in [-0.25, -0.2) is 0 Å². The number of hydrogen-bond donors (Lipinski definition) is 0. The molecule has 0 saturated heterocycles. The zero-order valence-electron chi connectivity index (χ0n) is 67.5. The number of rotatable bonds is 21. The molecule has 0 amide bonds. The van der Waals surface area contributed by atoms with Gasteiger partial charge in [0.2, 0.25) is 0 Å². The van der Waals surface area contributed by atoms with Gasteiger partial charge in [0.25, 0.3) is 0 Å². The number of aryl methyl sites for hydroxylation is 1. The fraction of sp³-hybridized carbons (Fsp3) is 0.338. The Balaban J connectivity index is 0.000000625. The van der Waals surface area contributed by atoms with Crippen molar-refractivity contribution in [2.45, 2.75) is 79.5 Å². The number of methoxy groups -OCH3 is 9. The van der Waals surface area contributed by atoms with Gasteiger partial charge >= 0.3 is 588 Å². The van der Waals surface area contributed by atoms with E-state index in [1.54, 1.807) is 72.8 Å². The second-order valence-electron chi connectivity index (χ2n) is 17.7. The molecule has 7 aromatic rings. The molecule has 0 bridgehead atoms. The van der Waals surface area contributed by atoms with E-state index < -0.39 is 121 Å². The van der Waals surface area contributed by atoms with Crippen LogP contribution in [0.5, 0.6) is 51.7 Å². The molecule has 4 atom stereocenters. The molecule has 1 unspecified atom stereocenters. The number of benzene rings is 7. The number of ether oxygens (including phenoxy) is 9. The molecule has 0 aliphatic heterocycles. The first kappa shape index (κ1) is 65.0. The Labute approximate surface area is 583 Å². The first-order valence-corrected chi connectivity index (χ1v) is 49.7. The third-order valence-corrected chi connectivity index (χ3v) is 31.7. The monoisotopic (exact) mass is 1790 g/mol. The normalized spacial score (nSPS) is 16.2. The summed E-state index contributed by atoms with van der Waals surface area (Å²) in [5, 5.41) is -11.3. The Morgan fingerprint density at radius 2 is 0.702 bits per heavy atom. The van der Waals surface area contributed by atoms with E-state index in [1.807, 2.05) is 6.92 Å². The summed E-state index contributed by atoms with van der Waals surface area (Å²) >= 11 is -32.4. The number of hydrogen-bond acceptors (Lipinski definition) is 22. The molecule has 0 heterocycles. The van der Waals surface area contributed by atoms with Crippen molar-refractivity contribution in [3.8, 4) is 51.7 Å². The van der Waals surface area contributed by atoms with Crippen molar-refractivity contribution in [1.29, 1.82) is 0 Å². The van der Waals surface area contributed by atoms with Crippen LogP contribution in [0, 0.1) is 6.92 Å². The summed E-state index contributed by atoms with van der Waals surface area (Å²) in [5.41, 5.74) is 4.32. The van der Waals surface area contributed by atoms with Gasteiger partial charge in [-0.15, -0.1) is 0 Å². The van der Waals surface area contributed by atoms with E-state index in [2.05, 4.69) is 5.42 Å². The molecule has 94 heavy (non-hydrogen) atoms. The zero-order chi connectivity index (χ0) is 83.4. The van der Waals surface area contributed by atoms with Crippen LogP contribution in [0.25, 0.3) is 0 Å². The summed E-state index contributed by atoms with van der Waals surface area (Å²) in [6.07, 6.45) is 0. The quantitative estimate of drug-likeness (QED) is 0.0483. The third kappa shape index (κ3) is 26.3. The van der Waals surface area contributed by atoms with Gasteiger partial charge in [-0.3, -0.25) is 0 Å². The van der Waals surface area contributed by atoms with Crippen LogP contribution < -0.4 is 73.9 Å². The molecule has 0 N–H and O–H groups in total. The Bertz CT molecular complexity index is 4610. The summed E-state index contributed by atoms with van der Waals surface area (Å²) < 4.78 is 293. The van der Waals surface area contributed by atoms with E-state index >= 15 is 0 Å². The fourth-order valence-electron chi connectivity index (χ4n) is 7.03. The molecule has 29 heteroatoms. The van der Waals surface area contributed by atoms with Gasteiger partial charge in [-0.2, -0.15) is 0 Å². The van der Waals surface area contributed by atoms with Crippen LogP contribution in [-0.2, 0) is 49.9 Å². The van der Waals surface area contributed by atoms with E-state index in [-0.39, 0.29) is 61.3 Å². The van der Waals surface area contributed by atoms with Crippen LogP contribution in [-0.4, -0.2) is 158 Å². The van der Waals surface area contributed by atoms with Crippen LogP contribution >= 0.6 is 0 Å². The molecular weight excluding hydrogens is 1690 g/mol. The molecule has 522 valence electrons. The standard InChI is InChI=1S/C10H14O4Se.C10H14O3Se.5C9H12O3Se/c1-4-15(11,12)9-7-5-6-8(13-2)10(9)14-3;1-12-9-6-5-8(14(3,4)11)7-10(9)13-2;1-7-4-5-8(13(3,10)11)6-9(7)12-2;4*1-3-13(10,11)9-7-5-4-6-8(9)12-2/h5-7H,4H2,1-3H3;5-7H,3H2,1-2,4H3;4-6H,1-3H3;4*4-7H,3H2,1-2H3/i4DH;4D2H;;3+1D2;2*3+1DH;3+1H2/t4-;;;;2*3-;/m1...10./s1. The summed E-state index contributed by atoms with van der Waals surface area (Å²) in [4.78, 5) is 0. The average Bonchev–Trinajstić information content (AvgIpc) is 0.806. The van der Waals surface area contributed by atoms with Crippen molar-refractivity contribution in [2.75, 3.05) is 64.0 Å². The predicted octanol–water partition coefficient (Wildman–Crippen LogP) is 8.21. The fourth-order valence-corrected chi connectivity index (χ4v) is 19.0. The molecule has 0 aliphatic rings. The van der Waals surface area contributed by atoms with E-state index in [4.69, 9.17) is 60.5 Å².